The van der Waals surface area contributed by atoms with Crippen LogP contribution in [0.1, 0.15) is 16.7 Å². The summed E-state index contributed by atoms with van der Waals surface area (Å²) in [6.45, 7) is 1.23. The summed E-state index contributed by atoms with van der Waals surface area (Å²) in [5.74, 6) is -1.32. The number of rotatable bonds is 8. The van der Waals surface area contributed by atoms with Crippen LogP contribution in [0.2, 0.25) is 10.0 Å². The minimum Gasteiger partial charge on any atom is -0.272 e. The number of halogens is 3. The number of sulfonamides is 1. The molecule has 0 aromatic heterocycles. The van der Waals surface area contributed by atoms with Gasteiger partial charge in [-0.05, 0) is 48.9 Å². The smallest absolute Gasteiger partial charge is 0.255 e. The minimum atomic E-state index is -4.02. The molecule has 0 fully saturated rings. The Morgan fingerprint density at radius 1 is 1.09 bits per heavy atom. The zero-order chi connectivity index (χ0) is 24.0. The van der Waals surface area contributed by atoms with Gasteiger partial charge in [-0.2, -0.15) is 9.41 Å². The summed E-state index contributed by atoms with van der Waals surface area (Å²) in [5, 5.41) is 4.28. The van der Waals surface area contributed by atoms with E-state index in [1.165, 1.54) is 30.3 Å². The van der Waals surface area contributed by atoms with Crippen LogP contribution in [0.15, 0.2) is 76.7 Å². The Labute approximate surface area is 201 Å². The number of carbonyl (C=O) groups excluding carboxylic acids is 1. The van der Waals surface area contributed by atoms with Crippen molar-refractivity contribution in [3.8, 4) is 0 Å². The molecule has 0 aliphatic rings. The normalized spacial score (nSPS) is 11.8. The largest absolute Gasteiger partial charge is 0.272 e. The number of benzene rings is 3. The zero-order valence-electron chi connectivity index (χ0n) is 17.5. The van der Waals surface area contributed by atoms with E-state index in [2.05, 4.69) is 10.5 Å². The summed E-state index contributed by atoms with van der Waals surface area (Å²) in [4.78, 5) is 12.6. The van der Waals surface area contributed by atoms with Crippen LogP contribution in [-0.4, -0.2) is 31.4 Å². The molecule has 3 aromatic carbocycles. The van der Waals surface area contributed by atoms with Gasteiger partial charge in [0.05, 0.1) is 22.7 Å². The third-order valence-electron chi connectivity index (χ3n) is 4.61. The van der Waals surface area contributed by atoms with E-state index in [1.54, 1.807) is 36.4 Å². The Hall–Kier alpha value is -2.78. The van der Waals surface area contributed by atoms with E-state index in [-0.39, 0.29) is 22.0 Å². The van der Waals surface area contributed by atoms with E-state index in [4.69, 9.17) is 23.2 Å². The molecule has 0 aliphatic carbocycles. The fraction of sp³-hybridized carbons (Fsp3) is 0.130. The molecule has 172 valence electrons. The predicted molar refractivity (Wildman–Crippen MR) is 127 cm³/mol. The molecule has 0 aliphatic heterocycles. The van der Waals surface area contributed by atoms with Crippen molar-refractivity contribution in [3.63, 3.8) is 0 Å². The Morgan fingerprint density at radius 3 is 2.45 bits per heavy atom. The number of nitrogens with zero attached hydrogens (tertiary/aromatic N) is 2. The summed E-state index contributed by atoms with van der Waals surface area (Å²) in [7, 11) is -4.02. The molecule has 3 aromatic rings. The second-order valence-corrected chi connectivity index (χ2v) is 9.93. The standard InChI is InChI=1S/C23H20Cl2FN3O3S/c1-16-8-10-19(11-9-16)33(31,32)29(14-17-4-2-5-18(24)12-17)15-23(30)28-27-13-20-21(25)6-3-7-22(20)26/h2-13H,14-15H2,1H3,(H,28,30)/b27-13-. The Bertz CT molecular complexity index is 1260. The summed E-state index contributed by atoms with van der Waals surface area (Å²) < 4.78 is 41.4. The average molecular weight is 508 g/mol. The second-order valence-electron chi connectivity index (χ2n) is 7.14. The third-order valence-corrected chi connectivity index (χ3v) is 6.98. The minimum absolute atomic E-state index is 0.00234. The van der Waals surface area contributed by atoms with Gasteiger partial charge < -0.3 is 0 Å². The van der Waals surface area contributed by atoms with E-state index in [0.29, 0.717) is 10.6 Å². The lowest BCUT2D eigenvalue weighted by molar-refractivity contribution is -0.121. The SMILES string of the molecule is Cc1ccc(S(=O)(=O)N(CC(=O)N/N=C\c2c(F)cccc2Cl)Cc2cccc(Cl)c2)cc1. The van der Waals surface area contributed by atoms with Crippen LogP contribution in [0.5, 0.6) is 0 Å². The zero-order valence-corrected chi connectivity index (χ0v) is 19.8. The van der Waals surface area contributed by atoms with Crippen molar-refractivity contribution in [3.05, 3.63) is 99.3 Å². The van der Waals surface area contributed by atoms with E-state index in [9.17, 15) is 17.6 Å². The van der Waals surface area contributed by atoms with Gasteiger partial charge in [0.25, 0.3) is 5.91 Å². The molecule has 0 heterocycles. The Morgan fingerprint density at radius 2 is 1.79 bits per heavy atom. The number of amides is 1. The van der Waals surface area contributed by atoms with Gasteiger partial charge in [0, 0.05) is 17.1 Å². The molecular weight excluding hydrogens is 488 g/mol. The van der Waals surface area contributed by atoms with Crippen molar-refractivity contribution in [2.45, 2.75) is 18.4 Å². The molecule has 10 heteroatoms. The van der Waals surface area contributed by atoms with Gasteiger partial charge in [0.15, 0.2) is 0 Å². The molecule has 0 bridgehead atoms. The molecule has 3 rings (SSSR count). The number of nitrogens with one attached hydrogen (secondary N) is 1. The van der Waals surface area contributed by atoms with E-state index < -0.39 is 28.3 Å². The van der Waals surface area contributed by atoms with E-state index >= 15 is 0 Å². The highest BCUT2D eigenvalue weighted by atomic mass is 35.5. The molecule has 0 unspecified atom stereocenters. The number of hydrogen-bond donors (Lipinski definition) is 1. The molecule has 0 spiro atoms. The van der Waals surface area contributed by atoms with Crippen LogP contribution in [0, 0.1) is 12.7 Å². The molecule has 6 nitrogen and oxygen atoms in total. The summed E-state index contributed by atoms with van der Waals surface area (Å²) in [6.07, 6.45) is 1.06. The van der Waals surface area contributed by atoms with Crippen LogP contribution in [0.25, 0.3) is 0 Å². The first kappa shape index (κ1) is 24.9. The highest BCUT2D eigenvalue weighted by Gasteiger charge is 2.27. The summed E-state index contributed by atoms with van der Waals surface area (Å²) in [5.41, 5.74) is 3.72. The van der Waals surface area contributed by atoms with Gasteiger partial charge >= 0.3 is 0 Å². The van der Waals surface area contributed by atoms with Crippen molar-refractivity contribution < 1.29 is 17.6 Å². The molecule has 1 amide bonds. The molecule has 1 N–H and O–H groups in total. The fourth-order valence-electron chi connectivity index (χ4n) is 2.92. The van der Waals surface area contributed by atoms with Gasteiger partial charge in [0.1, 0.15) is 5.82 Å². The molecule has 33 heavy (non-hydrogen) atoms. The summed E-state index contributed by atoms with van der Waals surface area (Å²) in [6, 6.07) is 17.1. The average Bonchev–Trinajstić information content (AvgIpc) is 2.76. The molecule has 0 radical (unpaired) electrons. The van der Waals surface area contributed by atoms with Gasteiger partial charge in [-0.15, -0.1) is 0 Å². The van der Waals surface area contributed by atoms with Crippen molar-refractivity contribution in [1.29, 1.82) is 0 Å². The van der Waals surface area contributed by atoms with Crippen LogP contribution in [-0.2, 0) is 21.4 Å². The van der Waals surface area contributed by atoms with Gasteiger partial charge in [0.2, 0.25) is 10.0 Å². The van der Waals surface area contributed by atoms with E-state index in [1.807, 2.05) is 6.92 Å². The second kappa shape index (κ2) is 10.9. The molecule has 0 saturated carbocycles. The topological polar surface area (TPSA) is 78.8 Å². The highest BCUT2D eigenvalue weighted by Crippen LogP contribution is 2.21. The number of carbonyl (C=O) groups is 1. The fourth-order valence-corrected chi connectivity index (χ4v) is 4.73. The van der Waals surface area contributed by atoms with Gasteiger partial charge in [-0.1, -0.05) is 59.1 Å². The monoisotopic (exact) mass is 507 g/mol. The molecule has 0 saturated heterocycles. The van der Waals surface area contributed by atoms with Gasteiger partial charge in [-0.3, -0.25) is 4.79 Å². The lowest BCUT2D eigenvalue weighted by Gasteiger charge is -2.21. The highest BCUT2D eigenvalue weighted by molar-refractivity contribution is 7.89. The Balaban J connectivity index is 1.82. The van der Waals surface area contributed by atoms with Crippen LogP contribution in [0.4, 0.5) is 4.39 Å². The maximum Gasteiger partial charge on any atom is 0.255 e. The number of hydrazone groups is 1. The first-order valence-corrected chi connectivity index (χ1v) is 11.9. The quantitative estimate of drug-likeness (QED) is 0.351. The van der Waals surface area contributed by atoms with Gasteiger partial charge in [-0.25, -0.2) is 18.2 Å². The van der Waals surface area contributed by atoms with Crippen molar-refractivity contribution >= 4 is 45.3 Å². The molecule has 0 atom stereocenters. The summed E-state index contributed by atoms with van der Waals surface area (Å²) >= 11 is 12.0. The maximum atomic E-state index is 13.8. The lowest BCUT2D eigenvalue weighted by atomic mass is 10.2. The first-order valence-electron chi connectivity index (χ1n) is 9.74. The lowest BCUT2D eigenvalue weighted by Crippen LogP contribution is -2.39. The predicted octanol–water partition coefficient (Wildman–Crippen LogP) is 4.78. The third kappa shape index (κ3) is 6.61. The van der Waals surface area contributed by atoms with Crippen molar-refractivity contribution in [1.82, 2.24) is 9.73 Å². The van der Waals surface area contributed by atoms with E-state index in [0.717, 1.165) is 16.1 Å². The van der Waals surface area contributed by atoms with Crippen LogP contribution < -0.4 is 5.43 Å². The Kier molecular flexibility index (Phi) is 8.20. The van der Waals surface area contributed by atoms with Crippen molar-refractivity contribution in [2.24, 2.45) is 5.10 Å². The number of aryl methyl sites for hydroxylation is 1. The van der Waals surface area contributed by atoms with Crippen LogP contribution in [0.3, 0.4) is 0 Å². The van der Waals surface area contributed by atoms with Crippen LogP contribution >= 0.6 is 23.2 Å². The first-order chi connectivity index (χ1) is 15.7. The molecular formula is C23H20Cl2FN3O3S. The number of hydrogen-bond acceptors (Lipinski definition) is 4. The maximum absolute atomic E-state index is 13.8. The van der Waals surface area contributed by atoms with Crippen molar-refractivity contribution in [2.75, 3.05) is 6.54 Å².